The maximum atomic E-state index is 12.6. The van der Waals surface area contributed by atoms with Crippen LogP contribution in [0.1, 0.15) is 30.0 Å². The van der Waals surface area contributed by atoms with Gasteiger partial charge in [-0.3, -0.25) is 19.7 Å². The molecule has 0 aliphatic carbocycles. The van der Waals surface area contributed by atoms with Crippen LogP contribution in [0.3, 0.4) is 0 Å². The molecule has 0 aliphatic rings. The molecule has 0 aliphatic heterocycles. The molecule has 2 aromatic carbocycles. The third-order valence-corrected chi connectivity index (χ3v) is 5.91. The fourth-order valence-corrected chi connectivity index (χ4v) is 3.52. The predicted octanol–water partition coefficient (Wildman–Crippen LogP) is 5.72. The van der Waals surface area contributed by atoms with Crippen LogP contribution in [0.4, 0.5) is 5.69 Å². The Labute approximate surface area is 215 Å². The molecule has 1 atom stereocenters. The number of nitrogens with zero attached hydrogens (tertiary/aromatic N) is 2. The highest BCUT2D eigenvalue weighted by atomic mass is 35.5. The van der Waals surface area contributed by atoms with Gasteiger partial charge in [-0.25, -0.2) is 5.43 Å². The van der Waals surface area contributed by atoms with Crippen LogP contribution >= 0.6 is 34.8 Å². The van der Waals surface area contributed by atoms with Crippen LogP contribution in [0.15, 0.2) is 58.0 Å². The van der Waals surface area contributed by atoms with Gasteiger partial charge in [0.2, 0.25) is 0 Å². The molecule has 35 heavy (non-hydrogen) atoms. The van der Waals surface area contributed by atoms with Gasteiger partial charge in [-0.15, -0.1) is 0 Å². The molecule has 2 amide bonds. The number of nitrogens with one attached hydrogen (secondary N) is 2. The van der Waals surface area contributed by atoms with Gasteiger partial charge in [-0.2, -0.15) is 5.10 Å². The molecule has 9 nitrogen and oxygen atoms in total. The van der Waals surface area contributed by atoms with Gasteiger partial charge in [0, 0.05) is 23.3 Å². The molecular weight excluding hydrogens is 519 g/mol. The first-order chi connectivity index (χ1) is 16.6. The lowest BCUT2D eigenvalue weighted by Crippen LogP contribution is -2.48. The summed E-state index contributed by atoms with van der Waals surface area (Å²) >= 11 is 18.0. The van der Waals surface area contributed by atoms with E-state index in [2.05, 4.69) is 15.8 Å². The van der Waals surface area contributed by atoms with Crippen LogP contribution in [0, 0.1) is 16.0 Å². The average Bonchev–Trinajstić information content (AvgIpc) is 3.27. The van der Waals surface area contributed by atoms with Crippen molar-refractivity contribution < 1.29 is 18.9 Å². The second kappa shape index (κ2) is 11.4. The Morgan fingerprint density at radius 1 is 1.03 bits per heavy atom. The number of nitro benzene ring substituents is 1. The highest BCUT2D eigenvalue weighted by molar-refractivity contribution is 6.42. The Morgan fingerprint density at radius 2 is 1.74 bits per heavy atom. The van der Waals surface area contributed by atoms with E-state index < -0.39 is 22.8 Å². The van der Waals surface area contributed by atoms with E-state index in [1.807, 2.05) is 0 Å². The van der Waals surface area contributed by atoms with Crippen molar-refractivity contribution in [1.82, 2.24) is 10.7 Å². The summed E-state index contributed by atoms with van der Waals surface area (Å²) in [5.41, 5.74) is 2.83. The zero-order valence-corrected chi connectivity index (χ0v) is 20.7. The summed E-state index contributed by atoms with van der Waals surface area (Å²) in [5, 5.41) is 18.4. The maximum absolute atomic E-state index is 12.6. The number of rotatable bonds is 8. The van der Waals surface area contributed by atoms with Crippen molar-refractivity contribution in [3.63, 3.8) is 0 Å². The molecule has 1 unspecified atom stereocenters. The molecule has 2 N–H and O–H groups in total. The summed E-state index contributed by atoms with van der Waals surface area (Å²) in [6.45, 7) is 3.54. The number of amides is 2. The Bertz CT molecular complexity index is 1310. The second-order valence-corrected chi connectivity index (χ2v) is 8.90. The largest absolute Gasteiger partial charge is 0.455 e. The summed E-state index contributed by atoms with van der Waals surface area (Å²) in [6.07, 6.45) is 1.25. The van der Waals surface area contributed by atoms with E-state index >= 15 is 0 Å². The number of carbonyl (C=O) groups is 2. The first kappa shape index (κ1) is 26.2. The number of nitro groups is 1. The minimum atomic E-state index is -0.884. The standard InChI is InChI=1S/C23H19Cl3N4O5/c1-12(2)21(28-22(31)13-3-6-18(25)19(26)9-13)23(32)29-27-11-15-5-8-20(35-15)16-10-14(30(33)34)4-7-17(16)24/h3-12,21H,1-2H3,(H,28,31)(H,29,32)/b27-11+. The molecule has 0 radical (unpaired) electrons. The van der Waals surface area contributed by atoms with Crippen molar-refractivity contribution in [3.05, 3.63) is 85.0 Å². The Balaban J connectivity index is 1.67. The lowest BCUT2D eigenvalue weighted by atomic mass is 10.0. The van der Waals surface area contributed by atoms with Crippen molar-refractivity contribution in [3.8, 4) is 11.3 Å². The van der Waals surface area contributed by atoms with Gasteiger partial charge >= 0.3 is 0 Å². The quantitative estimate of drug-likeness (QED) is 0.216. The van der Waals surface area contributed by atoms with Crippen molar-refractivity contribution >= 4 is 58.5 Å². The lowest BCUT2D eigenvalue weighted by molar-refractivity contribution is -0.384. The van der Waals surface area contributed by atoms with Gasteiger partial charge < -0.3 is 9.73 Å². The SMILES string of the molecule is CC(C)C(NC(=O)c1ccc(Cl)c(Cl)c1)C(=O)N/N=C/c1ccc(-c2cc([N+](=O)[O-])ccc2Cl)o1. The van der Waals surface area contributed by atoms with Crippen LogP contribution in [-0.4, -0.2) is 29.0 Å². The summed E-state index contributed by atoms with van der Waals surface area (Å²) in [6, 6.07) is 10.6. The van der Waals surface area contributed by atoms with Crippen LogP contribution in [0.5, 0.6) is 0 Å². The number of hydrogen-bond acceptors (Lipinski definition) is 6. The number of hydrazone groups is 1. The minimum absolute atomic E-state index is 0.133. The van der Waals surface area contributed by atoms with E-state index in [0.29, 0.717) is 16.3 Å². The number of carbonyl (C=O) groups excluding carboxylic acids is 2. The second-order valence-electron chi connectivity index (χ2n) is 7.68. The molecule has 0 spiro atoms. The molecule has 3 aromatic rings. The number of non-ortho nitro benzene ring substituents is 1. The Kier molecular flexibility index (Phi) is 8.50. The van der Waals surface area contributed by atoms with Crippen molar-refractivity contribution in [1.29, 1.82) is 0 Å². The first-order valence-corrected chi connectivity index (χ1v) is 11.3. The number of furan rings is 1. The Hall–Kier alpha value is -3.40. The smallest absolute Gasteiger partial charge is 0.270 e. The summed E-state index contributed by atoms with van der Waals surface area (Å²) < 4.78 is 5.62. The van der Waals surface area contributed by atoms with Gasteiger partial charge in [0.25, 0.3) is 17.5 Å². The molecule has 182 valence electrons. The molecule has 0 bridgehead atoms. The van der Waals surface area contributed by atoms with Crippen molar-refractivity contribution in [2.24, 2.45) is 11.0 Å². The number of halogens is 3. The maximum Gasteiger partial charge on any atom is 0.270 e. The predicted molar refractivity (Wildman–Crippen MR) is 134 cm³/mol. The first-order valence-electron chi connectivity index (χ1n) is 10.2. The molecule has 0 fully saturated rings. The van der Waals surface area contributed by atoms with E-state index in [1.54, 1.807) is 26.0 Å². The normalized spacial score (nSPS) is 12.1. The molecule has 3 rings (SSSR count). The van der Waals surface area contributed by atoms with Crippen molar-refractivity contribution in [2.75, 3.05) is 0 Å². The summed E-state index contributed by atoms with van der Waals surface area (Å²) in [4.78, 5) is 35.7. The van der Waals surface area contributed by atoms with Crippen molar-refractivity contribution in [2.45, 2.75) is 19.9 Å². The van der Waals surface area contributed by atoms with Crippen LogP contribution in [0.25, 0.3) is 11.3 Å². The zero-order valence-electron chi connectivity index (χ0n) is 18.4. The van der Waals surface area contributed by atoms with Crippen LogP contribution in [0.2, 0.25) is 15.1 Å². The molecule has 0 saturated heterocycles. The van der Waals surface area contributed by atoms with E-state index in [9.17, 15) is 19.7 Å². The average molecular weight is 538 g/mol. The fraction of sp³-hybridized carbons (Fsp3) is 0.174. The lowest BCUT2D eigenvalue weighted by Gasteiger charge is -2.20. The molecule has 1 aromatic heterocycles. The fourth-order valence-electron chi connectivity index (χ4n) is 3.01. The number of hydrogen-bond donors (Lipinski definition) is 2. The topological polar surface area (TPSA) is 127 Å². The molecule has 0 saturated carbocycles. The van der Waals surface area contributed by atoms with Gasteiger partial charge in [0.1, 0.15) is 17.6 Å². The van der Waals surface area contributed by atoms with Gasteiger partial charge in [0.05, 0.1) is 26.2 Å². The van der Waals surface area contributed by atoms with Gasteiger partial charge in [-0.1, -0.05) is 48.7 Å². The zero-order chi connectivity index (χ0) is 25.7. The third-order valence-electron chi connectivity index (χ3n) is 4.84. The van der Waals surface area contributed by atoms with E-state index in [4.69, 9.17) is 39.2 Å². The Morgan fingerprint density at radius 3 is 2.40 bits per heavy atom. The highest BCUT2D eigenvalue weighted by Crippen LogP contribution is 2.32. The monoisotopic (exact) mass is 536 g/mol. The minimum Gasteiger partial charge on any atom is -0.455 e. The van der Waals surface area contributed by atoms with E-state index in [-0.39, 0.29) is 33.0 Å². The molecule has 1 heterocycles. The van der Waals surface area contributed by atoms with Crippen LogP contribution in [-0.2, 0) is 4.79 Å². The summed E-state index contributed by atoms with van der Waals surface area (Å²) in [7, 11) is 0. The third kappa shape index (κ3) is 6.60. The van der Waals surface area contributed by atoms with Crippen LogP contribution < -0.4 is 10.7 Å². The molecular formula is C23H19Cl3N4O5. The summed E-state index contributed by atoms with van der Waals surface area (Å²) in [5.74, 6) is -0.726. The van der Waals surface area contributed by atoms with E-state index in [1.165, 1.54) is 42.6 Å². The number of benzene rings is 2. The highest BCUT2D eigenvalue weighted by Gasteiger charge is 2.25. The van der Waals surface area contributed by atoms with Gasteiger partial charge in [0.15, 0.2) is 0 Å². The molecule has 12 heteroatoms. The van der Waals surface area contributed by atoms with Gasteiger partial charge in [-0.05, 0) is 42.3 Å². The van der Waals surface area contributed by atoms with E-state index in [0.717, 1.165) is 0 Å².